The van der Waals surface area contributed by atoms with Crippen LogP contribution < -0.4 is 15.5 Å². The quantitative estimate of drug-likeness (QED) is 0.809. The normalized spacial score (nSPS) is 25.1. The third kappa shape index (κ3) is 2.66. The SMILES string of the molecule is c1cc(N2CCOCC2)ccc1C1CNCCN1. The van der Waals surface area contributed by atoms with E-state index in [2.05, 4.69) is 39.8 Å². The highest BCUT2D eigenvalue weighted by molar-refractivity contribution is 5.48. The molecule has 4 heteroatoms. The van der Waals surface area contributed by atoms with Crippen molar-refractivity contribution >= 4 is 5.69 Å². The van der Waals surface area contributed by atoms with Crippen molar-refractivity contribution in [2.45, 2.75) is 6.04 Å². The van der Waals surface area contributed by atoms with Gasteiger partial charge in [-0.15, -0.1) is 0 Å². The van der Waals surface area contributed by atoms with Crippen LogP contribution in [-0.2, 0) is 4.74 Å². The molecule has 0 aliphatic carbocycles. The first-order chi connectivity index (χ1) is 8.93. The minimum absolute atomic E-state index is 0.456. The van der Waals surface area contributed by atoms with Crippen LogP contribution in [0.25, 0.3) is 0 Å². The Morgan fingerprint density at radius 1 is 1.06 bits per heavy atom. The molecule has 0 bridgehead atoms. The topological polar surface area (TPSA) is 36.5 Å². The molecule has 2 aliphatic rings. The van der Waals surface area contributed by atoms with Gasteiger partial charge in [0, 0.05) is 44.5 Å². The number of hydrogen-bond acceptors (Lipinski definition) is 4. The fourth-order valence-electron chi connectivity index (χ4n) is 2.63. The smallest absolute Gasteiger partial charge is 0.0642 e. The van der Waals surface area contributed by atoms with Gasteiger partial charge in [-0.25, -0.2) is 0 Å². The second kappa shape index (κ2) is 5.69. The fourth-order valence-corrected chi connectivity index (χ4v) is 2.63. The van der Waals surface area contributed by atoms with E-state index in [-0.39, 0.29) is 0 Å². The average molecular weight is 247 g/mol. The van der Waals surface area contributed by atoms with E-state index in [1.54, 1.807) is 0 Å². The standard InChI is InChI=1S/C14H21N3O/c1-3-13(17-7-9-18-10-8-17)4-2-12(1)14-11-15-5-6-16-14/h1-4,14-16H,5-11H2. The second-order valence-corrected chi connectivity index (χ2v) is 4.90. The number of rotatable bonds is 2. The van der Waals surface area contributed by atoms with Gasteiger partial charge in [0.2, 0.25) is 0 Å². The number of nitrogens with zero attached hydrogens (tertiary/aromatic N) is 1. The van der Waals surface area contributed by atoms with Gasteiger partial charge in [0.1, 0.15) is 0 Å². The molecule has 1 atom stereocenters. The lowest BCUT2D eigenvalue weighted by molar-refractivity contribution is 0.122. The first-order valence-corrected chi connectivity index (χ1v) is 6.80. The predicted octanol–water partition coefficient (Wildman–Crippen LogP) is 0.757. The first kappa shape index (κ1) is 12.0. The van der Waals surface area contributed by atoms with Gasteiger partial charge in [0.15, 0.2) is 0 Å². The van der Waals surface area contributed by atoms with Crippen molar-refractivity contribution in [3.8, 4) is 0 Å². The molecule has 18 heavy (non-hydrogen) atoms. The largest absolute Gasteiger partial charge is 0.378 e. The van der Waals surface area contributed by atoms with Crippen LogP contribution in [0, 0.1) is 0 Å². The number of anilines is 1. The molecule has 0 saturated carbocycles. The maximum absolute atomic E-state index is 5.38. The van der Waals surface area contributed by atoms with Crippen LogP contribution in [0.5, 0.6) is 0 Å². The van der Waals surface area contributed by atoms with Crippen molar-refractivity contribution in [2.24, 2.45) is 0 Å². The van der Waals surface area contributed by atoms with Crippen molar-refractivity contribution in [3.63, 3.8) is 0 Å². The highest BCUT2D eigenvalue weighted by atomic mass is 16.5. The average Bonchev–Trinajstić information content (AvgIpc) is 2.49. The maximum atomic E-state index is 5.38. The Morgan fingerprint density at radius 2 is 1.83 bits per heavy atom. The molecular weight excluding hydrogens is 226 g/mol. The van der Waals surface area contributed by atoms with Crippen molar-refractivity contribution in [3.05, 3.63) is 29.8 Å². The molecule has 1 unspecified atom stereocenters. The minimum atomic E-state index is 0.456. The minimum Gasteiger partial charge on any atom is -0.378 e. The van der Waals surface area contributed by atoms with E-state index in [9.17, 15) is 0 Å². The molecule has 0 spiro atoms. The fraction of sp³-hybridized carbons (Fsp3) is 0.571. The molecule has 2 saturated heterocycles. The van der Waals surface area contributed by atoms with Crippen LogP contribution in [0.15, 0.2) is 24.3 Å². The van der Waals surface area contributed by atoms with Gasteiger partial charge >= 0.3 is 0 Å². The zero-order valence-electron chi connectivity index (χ0n) is 10.7. The molecule has 0 aromatic heterocycles. The van der Waals surface area contributed by atoms with Gasteiger partial charge in [0.05, 0.1) is 13.2 Å². The molecule has 1 aromatic carbocycles. The molecule has 0 radical (unpaired) electrons. The van der Waals surface area contributed by atoms with Crippen molar-refractivity contribution < 1.29 is 4.74 Å². The Morgan fingerprint density at radius 3 is 2.50 bits per heavy atom. The lowest BCUT2D eigenvalue weighted by atomic mass is 10.0. The molecule has 98 valence electrons. The Hall–Kier alpha value is -1.10. The Bertz CT molecular complexity index is 330. The lowest BCUT2D eigenvalue weighted by Crippen LogP contribution is -2.42. The summed E-state index contributed by atoms with van der Waals surface area (Å²) in [5.41, 5.74) is 2.69. The Balaban J connectivity index is 1.67. The van der Waals surface area contributed by atoms with Gasteiger partial charge in [-0.05, 0) is 17.7 Å². The van der Waals surface area contributed by atoms with Gasteiger partial charge in [-0.3, -0.25) is 0 Å². The lowest BCUT2D eigenvalue weighted by Gasteiger charge is -2.30. The molecule has 2 aliphatic heterocycles. The summed E-state index contributed by atoms with van der Waals surface area (Å²) in [5.74, 6) is 0. The molecule has 1 aromatic rings. The number of morpholine rings is 1. The third-order valence-electron chi connectivity index (χ3n) is 3.71. The van der Waals surface area contributed by atoms with Crippen LogP contribution in [0.2, 0.25) is 0 Å². The van der Waals surface area contributed by atoms with E-state index in [0.717, 1.165) is 45.9 Å². The number of piperazine rings is 1. The van der Waals surface area contributed by atoms with E-state index >= 15 is 0 Å². The number of hydrogen-bond donors (Lipinski definition) is 2. The zero-order valence-corrected chi connectivity index (χ0v) is 10.7. The van der Waals surface area contributed by atoms with Gasteiger partial charge in [0.25, 0.3) is 0 Å². The Kier molecular flexibility index (Phi) is 3.78. The monoisotopic (exact) mass is 247 g/mol. The van der Waals surface area contributed by atoms with Gasteiger partial charge < -0.3 is 20.3 Å². The van der Waals surface area contributed by atoms with Crippen molar-refractivity contribution in [2.75, 3.05) is 50.8 Å². The van der Waals surface area contributed by atoms with Crippen LogP contribution in [-0.4, -0.2) is 45.9 Å². The van der Waals surface area contributed by atoms with Crippen LogP contribution >= 0.6 is 0 Å². The van der Waals surface area contributed by atoms with Gasteiger partial charge in [-0.2, -0.15) is 0 Å². The third-order valence-corrected chi connectivity index (χ3v) is 3.71. The summed E-state index contributed by atoms with van der Waals surface area (Å²) in [6.07, 6.45) is 0. The molecule has 4 nitrogen and oxygen atoms in total. The second-order valence-electron chi connectivity index (χ2n) is 4.90. The maximum Gasteiger partial charge on any atom is 0.0642 e. The summed E-state index contributed by atoms with van der Waals surface area (Å²) in [5, 5.41) is 6.96. The van der Waals surface area contributed by atoms with E-state index in [4.69, 9.17) is 4.74 Å². The summed E-state index contributed by atoms with van der Waals surface area (Å²) in [4.78, 5) is 2.39. The zero-order chi connectivity index (χ0) is 12.2. The van der Waals surface area contributed by atoms with E-state index < -0.39 is 0 Å². The van der Waals surface area contributed by atoms with E-state index in [0.29, 0.717) is 6.04 Å². The van der Waals surface area contributed by atoms with E-state index in [1.807, 2.05) is 0 Å². The number of ether oxygens (including phenoxy) is 1. The number of nitrogens with one attached hydrogen (secondary N) is 2. The number of benzene rings is 1. The molecule has 2 heterocycles. The van der Waals surface area contributed by atoms with Crippen molar-refractivity contribution in [1.82, 2.24) is 10.6 Å². The van der Waals surface area contributed by atoms with Crippen LogP contribution in [0.3, 0.4) is 0 Å². The molecule has 0 amide bonds. The summed E-state index contributed by atoms with van der Waals surface area (Å²) in [7, 11) is 0. The van der Waals surface area contributed by atoms with Crippen LogP contribution in [0.1, 0.15) is 11.6 Å². The molecule has 2 fully saturated rings. The first-order valence-electron chi connectivity index (χ1n) is 6.80. The highest BCUT2D eigenvalue weighted by Crippen LogP contribution is 2.20. The summed E-state index contributed by atoms with van der Waals surface area (Å²) >= 11 is 0. The summed E-state index contributed by atoms with van der Waals surface area (Å²) in [6.45, 7) is 6.84. The molecular formula is C14H21N3O. The molecule has 2 N–H and O–H groups in total. The van der Waals surface area contributed by atoms with E-state index in [1.165, 1.54) is 11.3 Å². The summed E-state index contributed by atoms with van der Waals surface area (Å²) < 4.78 is 5.38. The molecule has 3 rings (SSSR count). The summed E-state index contributed by atoms with van der Waals surface area (Å²) in [6, 6.07) is 9.41. The van der Waals surface area contributed by atoms with Gasteiger partial charge in [-0.1, -0.05) is 12.1 Å². The van der Waals surface area contributed by atoms with Crippen LogP contribution in [0.4, 0.5) is 5.69 Å². The highest BCUT2D eigenvalue weighted by Gasteiger charge is 2.15. The Labute approximate surface area is 108 Å². The predicted molar refractivity (Wildman–Crippen MR) is 73.1 cm³/mol. The van der Waals surface area contributed by atoms with Crippen molar-refractivity contribution in [1.29, 1.82) is 0 Å².